The van der Waals surface area contributed by atoms with Gasteiger partial charge in [-0.15, -0.1) is 11.6 Å². The Bertz CT molecular complexity index is 961. The number of halogens is 2. The third-order valence-electron chi connectivity index (χ3n) is 4.80. The van der Waals surface area contributed by atoms with Gasteiger partial charge in [-0.25, -0.2) is 4.39 Å². The number of amides is 3. The van der Waals surface area contributed by atoms with Crippen molar-refractivity contribution in [2.45, 2.75) is 18.9 Å². The number of aromatic nitrogens is 1. The lowest BCUT2D eigenvalue weighted by Gasteiger charge is -2.19. The van der Waals surface area contributed by atoms with Crippen LogP contribution in [0.5, 0.6) is 0 Å². The van der Waals surface area contributed by atoms with E-state index in [1.165, 1.54) is 18.2 Å². The Labute approximate surface area is 170 Å². The van der Waals surface area contributed by atoms with E-state index in [1.807, 2.05) is 0 Å². The minimum Gasteiger partial charge on any atom is -0.356 e. The van der Waals surface area contributed by atoms with Crippen LogP contribution < -0.4 is 16.0 Å². The molecule has 2 atom stereocenters. The molecule has 10 heteroatoms. The molecule has 0 spiro atoms. The van der Waals surface area contributed by atoms with E-state index in [9.17, 15) is 23.6 Å². The van der Waals surface area contributed by atoms with Crippen LogP contribution in [0.2, 0.25) is 0 Å². The SMILES string of the molecule is O=C(CNC(=O)c1cc2cccc(F)c2[nH]1)N[C@@H](C[C@@H]1CCNC1=O)C(=O)CCl. The highest BCUT2D eigenvalue weighted by atomic mass is 35.5. The molecule has 1 aromatic heterocycles. The Hall–Kier alpha value is -2.94. The fourth-order valence-corrected chi connectivity index (χ4v) is 3.45. The summed E-state index contributed by atoms with van der Waals surface area (Å²) in [6.07, 6.45) is 0.729. The largest absolute Gasteiger partial charge is 0.356 e. The molecule has 4 N–H and O–H groups in total. The first-order chi connectivity index (χ1) is 13.9. The molecule has 1 saturated heterocycles. The standard InChI is InChI=1S/C19H20ClFN4O4/c20-8-15(26)13(7-11-4-5-22-18(11)28)24-16(27)9-23-19(29)14-6-10-2-1-3-12(21)17(10)25-14/h1-3,6,11,13,25H,4-5,7-9H2,(H,22,28)(H,23,29)(H,24,27)/t11-,13-/m0/s1. The fraction of sp³-hybridized carbons (Fsp3) is 0.368. The summed E-state index contributed by atoms with van der Waals surface area (Å²) >= 11 is 5.61. The average molecular weight is 423 g/mol. The van der Waals surface area contributed by atoms with Crippen LogP contribution in [0.25, 0.3) is 10.9 Å². The lowest BCUT2D eigenvalue weighted by atomic mass is 9.96. The number of nitrogens with one attached hydrogen (secondary N) is 4. The molecule has 1 aromatic carbocycles. The summed E-state index contributed by atoms with van der Waals surface area (Å²) in [6, 6.07) is 5.02. The van der Waals surface area contributed by atoms with Crippen LogP contribution in [-0.2, 0) is 14.4 Å². The minimum absolute atomic E-state index is 0.105. The molecule has 0 radical (unpaired) electrons. The maximum atomic E-state index is 13.7. The number of rotatable bonds is 8. The highest BCUT2D eigenvalue weighted by molar-refractivity contribution is 6.28. The molecule has 3 amide bonds. The lowest BCUT2D eigenvalue weighted by molar-refractivity contribution is -0.128. The van der Waals surface area contributed by atoms with Gasteiger partial charge in [-0.3, -0.25) is 19.2 Å². The molecule has 154 valence electrons. The highest BCUT2D eigenvalue weighted by Crippen LogP contribution is 2.18. The van der Waals surface area contributed by atoms with Crippen LogP contribution in [0, 0.1) is 11.7 Å². The fourth-order valence-electron chi connectivity index (χ4n) is 3.26. The first kappa shape index (κ1) is 20.8. The van der Waals surface area contributed by atoms with Crippen molar-refractivity contribution in [3.63, 3.8) is 0 Å². The van der Waals surface area contributed by atoms with Gasteiger partial charge in [-0.1, -0.05) is 12.1 Å². The summed E-state index contributed by atoms with van der Waals surface area (Å²) in [5.41, 5.74) is 0.304. The van der Waals surface area contributed by atoms with Crippen molar-refractivity contribution in [2.75, 3.05) is 19.0 Å². The first-order valence-electron chi connectivity index (χ1n) is 9.10. The van der Waals surface area contributed by atoms with Gasteiger partial charge in [0, 0.05) is 17.8 Å². The number of benzene rings is 1. The molecule has 29 heavy (non-hydrogen) atoms. The highest BCUT2D eigenvalue weighted by Gasteiger charge is 2.30. The predicted molar refractivity (Wildman–Crippen MR) is 104 cm³/mol. The van der Waals surface area contributed by atoms with Gasteiger partial charge in [0.1, 0.15) is 11.5 Å². The predicted octanol–water partition coefficient (Wildman–Crippen LogP) is 0.856. The van der Waals surface area contributed by atoms with Crippen molar-refractivity contribution in [2.24, 2.45) is 5.92 Å². The quantitative estimate of drug-likeness (QED) is 0.471. The van der Waals surface area contributed by atoms with Gasteiger partial charge in [-0.05, 0) is 25.0 Å². The summed E-state index contributed by atoms with van der Waals surface area (Å²) in [6.45, 7) is 0.139. The first-order valence-corrected chi connectivity index (χ1v) is 9.63. The number of ketones is 1. The van der Waals surface area contributed by atoms with E-state index in [-0.39, 0.29) is 41.9 Å². The number of hydrogen-bond acceptors (Lipinski definition) is 4. The van der Waals surface area contributed by atoms with Gasteiger partial charge in [0.05, 0.1) is 24.0 Å². The minimum atomic E-state index is -0.909. The molecule has 0 saturated carbocycles. The number of alkyl halides is 1. The van der Waals surface area contributed by atoms with E-state index in [0.717, 1.165) is 0 Å². The van der Waals surface area contributed by atoms with Crippen molar-refractivity contribution in [3.8, 4) is 0 Å². The second kappa shape index (κ2) is 9.04. The second-order valence-corrected chi connectivity index (χ2v) is 7.07. The van der Waals surface area contributed by atoms with Crippen molar-refractivity contribution < 1.29 is 23.6 Å². The van der Waals surface area contributed by atoms with E-state index in [2.05, 4.69) is 20.9 Å². The molecule has 3 rings (SSSR count). The molecule has 0 aliphatic carbocycles. The van der Waals surface area contributed by atoms with Crippen LogP contribution in [0.3, 0.4) is 0 Å². The van der Waals surface area contributed by atoms with Gasteiger partial charge in [0.2, 0.25) is 11.8 Å². The summed E-state index contributed by atoms with van der Waals surface area (Å²) < 4.78 is 13.7. The smallest absolute Gasteiger partial charge is 0.268 e. The number of carbonyl (C=O) groups excluding carboxylic acids is 4. The Morgan fingerprint density at radius 2 is 2.10 bits per heavy atom. The van der Waals surface area contributed by atoms with Gasteiger partial charge < -0.3 is 20.9 Å². The van der Waals surface area contributed by atoms with Crippen LogP contribution >= 0.6 is 11.6 Å². The Morgan fingerprint density at radius 3 is 2.76 bits per heavy atom. The number of para-hydroxylation sites is 1. The second-order valence-electron chi connectivity index (χ2n) is 6.80. The number of fused-ring (bicyclic) bond motifs is 1. The Kier molecular flexibility index (Phi) is 6.48. The Morgan fingerprint density at radius 1 is 1.31 bits per heavy atom. The van der Waals surface area contributed by atoms with Crippen molar-refractivity contribution in [3.05, 3.63) is 35.8 Å². The normalized spacial score (nSPS) is 17.0. The van der Waals surface area contributed by atoms with Crippen LogP contribution in [0.1, 0.15) is 23.3 Å². The molecule has 2 aromatic rings. The van der Waals surface area contributed by atoms with E-state index < -0.39 is 29.5 Å². The van der Waals surface area contributed by atoms with Gasteiger partial charge >= 0.3 is 0 Å². The molecule has 2 heterocycles. The average Bonchev–Trinajstić information content (AvgIpc) is 3.32. The monoisotopic (exact) mass is 422 g/mol. The Balaban J connectivity index is 1.57. The summed E-state index contributed by atoms with van der Waals surface area (Å²) in [4.78, 5) is 50.9. The third kappa shape index (κ3) is 4.92. The molecule has 0 unspecified atom stereocenters. The van der Waals surface area contributed by atoms with E-state index >= 15 is 0 Å². The van der Waals surface area contributed by atoms with Gasteiger partial charge in [0.15, 0.2) is 5.78 Å². The van der Waals surface area contributed by atoms with Crippen molar-refractivity contribution >= 4 is 46.0 Å². The number of H-pyrrole nitrogens is 1. The number of Topliss-reactive ketones (excluding diaryl/α,β-unsaturated/α-hetero) is 1. The van der Waals surface area contributed by atoms with E-state index in [1.54, 1.807) is 6.07 Å². The molecule has 8 nitrogen and oxygen atoms in total. The summed E-state index contributed by atoms with van der Waals surface area (Å²) in [5, 5.41) is 8.14. The molecule has 1 aliphatic heterocycles. The van der Waals surface area contributed by atoms with Crippen LogP contribution in [0.4, 0.5) is 4.39 Å². The molecule has 1 aliphatic rings. The van der Waals surface area contributed by atoms with Crippen molar-refractivity contribution in [1.29, 1.82) is 0 Å². The van der Waals surface area contributed by atoms with Crippen LogP contribution in [0.15, 0.2) is 24.3 Å². The van der Waals surface area contributed by atoms with Gasteiger partial charge in [-0.2, -0.15) is 0 Å². The molecule has 1 fully saturated rings. The zero-order chi connectivity index (χ0) is 21.0. The number of carbonyl (C=O) groups is 4. The molecular weight excluding hydrogens is 403 g/mol. The summed E-state index contributed by atoms with van der Waals surface area (Å²) in [5.74, 6) is -2.91. The van der Waals surface area contributed by atoms with Crippen LogP contribution in [-0.4, -0.2) is 53.5 Å². The third-order valence-corrected chi connectivity index (χ3v) is 5.06. The van der Waals surface area contributed by atoms with E-state index in [4.69, 9.17) is 11.6 Å². The lowest BCUT2D eigenvalue weighted by Crippen LogP contribution is -2.47. The topological polar surface area (TPSA) is 120 Å². The number of hydrogen-bond donors (Lipinski definition) is 4. The number of aromatic amines is 1. The maximum absolute atomic E-state index is 13.7. The zero-order valence-electron chi connectivity index (χ0n) is 15.4. The molecule has 0 bridgehead atoms. The maximum Gasteiger partial charge on any atom is 0.268 e. The van der Waals surface area contributed by atoms with E-state index in [0.29, 0.717) is 18.4 Å². The molecular formula is C19H20ClFN4O4. The summed E-state index contributed by atoms with van der Waals surface area (Å²) in [7, 11) is 0. The zero-order valence-corrected chi connectivity index (χ0v) is 16.1. The van der Waals surface area contributed by atoms with Gasteiger partial charge in [0.25, 0.3) is 5.91 Å². The van der Waals surface area contributed by atoms with Crippen molar-refractivity contribution in [1.82, 2.24) is 20.9 Å².